The molecule has 8 heteroatoms. The Balaban J connectivity index is 2.03. The molecule has 0 aromatic heterocycles. The molecule has 1 amide bonds. The van der Waals surface area contributed by atoms with Gasteiger partial charge in [0.2, 0.25) is 5.91 Å². The molecular weight excluding hydrogens is 479 g/mol. The molecule has 0 saturated carbocycles. The number of carbonyl (C=O) groups excluding carboxylic acids is 1. The van der Waals surface area contributed by atoms with Crippen molar-refractivity contribution in [2.45, 2.75) is 38.5 Å². The van der Waals surface area contributed by atoms with Gasteiger partial charge in [-0.15, -0.1) is 0 Å². The lowest BCUT2D eigenvalue weighted by atomic mass is 10.0. The van der Waals surface area contributed by atoms with Crippen LogP contribution in [0, 0.1) is 6.92 Å². The van der Waals surface area contributed by atoms with E-state index in [2.05, 4.69) is 5.32 Å². The highest BCUT2D eigenvalue weighted by Gasteiger charge is 2.29. The lowest BCUT2D eigenvalue weighted by Gasteiger charge is -2.26. The number of nitrogens with zero attached hydrogens (tertiary/aromatic N) is 1. The van der Waals surface area contributed by atoms with Gasteiger partial charge in [-0.3, -0.25) is 9.10 Å². The fourth-order valence-electron chi connectivity index (χ4n) is 3.53. The summed E-state index contributed by atoms with van der Waals surface area (Å²) in [5.74, 6) is -0.475. The van der Waals surface area contributed by atoms with Gasteiger partial charge in [-0.05, 0) is 61.2 Å². The van der Waals surface area contributed by atoms with Crippen LogP contribution >= 0.6 is 23.2 Å². The average Bonchev–Trinajstić information content (AvgIpc) is 2.79. The molecule has 0 unspecified atom stereocenters. The first-order chi connectivity index (χ1) is 15.7. The summed E-state index contributed by atoms with van der Waals surface area (Å²) in [6, 6.07) is 16.8. The number of anilines is 2. The van der Waals surface area contributed by atoms with E-state index >= 15 is 0 Å². The van der Waals surface area contributed by atoms with Crippen LogP contribution in [0.25, 0.3) is 0 Å². The smallest absolute Gasteiger partial charge is 0.264 e. The third-order valence-electron chi connectivity index (χ3n) is 5.34. The maximum Gasteiger partial charge on any atom is 0.264 e. The van der Waals surface area contributed by atoms with E-state index < -0.39 is 22.5 Å². The molecule has 0 radical (unpaired) electrons. The molecule has 1 N–H and O–H groups in total. The Morgan fingerprint density at radius 2 is 1.55 bits per heavy atom. The Kier molecular flexibility index (Phi) is 8.05. The van der Waals surface area contributed by atoms with Crippen molar-refractivity contribution in [2.75, 3.05) is 16.2 Å². The Morgan fingerprint density at radius 1 is 0.939 bits per heavy atom. The van der Waals surface area contributed by atoms with Crippen LogP contribution < -0.4 is 9.62 Å². The van der Waals surface area contributed by atoms with Crippen LogP contribution in [0.5, 0.6) is 0 Å². The van der Waals surface area contributed by atoms with E-state index in [0.29, 0.717) is 5.02 Å². The molecule has 33 heavy (non-hydrogen) atoms. The highest BCUT2D eigenvalue weighted by molar-refractivity contribution is 7.92. The maximum absolute atomic E-state index is 13.6. The number of hydrogen-bond donors (Lipinski definition) is 1. The second-order valence-corrected chi connectivity index (χ2v) is 10.3. The Bertz CT molecular complexity index is 1240. The summed E-state index contributed by atoms with van der Waals surface area (Å²) in [4.78, 5) is 13.2. The van der Waals surface area contributed by atoms with Crippen LogP contribution in [0.1, 0.15) is 30.5 Å². The molecule has 0 spiro atoms. The SMILES string of the molecule is CCc1cccc(CC)c1NC(=O)CN(c1cc(Cl)ccc1Cl)S(=O)(=O)c1ccc(C)cc1. The van der Waals surface area contributed by atoms with Crippen molar-refractivity contribution in [3.8, 4) is 0 Å². The summed E-state index contributed by atoms with van der Waals surface area (Å²) >= 11 is 12.5. The van der Waals surface area contributed by atoms with Gasteiger partial charge < -0.3 is 5.32 Å². The van der Waals surface area contributed by atoms with Crippen LogP contribution in [-0.4, -0.2) is 20.9 Å². The first-order valence-corrected chi connectivity index (χ1v) is 12.8. The molecule has 0 bridgehead atoms. The molecule has 0 aliphatic rings. The lowest BCUT2D eigenvalue weighted by Crippen LogP contribution is -2.38. The van der Waals surface area contributed by atoms with Gasteiger partial charge in [-0.25, -0.2) is 8.42 Å². The molecule has 3 aromatic carbocycles. The van der Waals surface area contributed by atoms with E-state index in [1.165, 1.54) is 24.3 Å². The number of nitrogens with one attached hydrogen (secondary N) is 1. The topological polar surface area (TPSA) is 66.5 Å². The van der Waals surface area contributed by atoms with Gasteiger partial charge in [0, 0.05) is 10.7 Å². The predicted molar refractivity (Wildman–Crippen MR) is 136 cm³/mol. The number of halogens is 2. The van der Waals surface area contributed by atoms with Crippen LogP contribution in [-0.2, 0) is 27.7 Å². The van der Waals surface area contributed by atoms with Gasteiger partial charge in [-0.2, -0.15) is 0 Å². The number of rotatable bonds is 8. The number of para-hydroxylation sites is 1. The molecule has 5 nitrogen and oxygen atoms in total. The van der Waals surface area contributed by atoms with Crippen LogP contribution in [0.3, 0.4) is 0 Å². The normalized spacial score (nSPS) is 11.3. The van der Waals surface area contributed by atoms with Gasteiger partial charge in [-0.1, -0.05) is 72.9 Å². The van der Waals surface area contributed by atoms with Crippen molar-refractivity contribution in [3.63, 3.8) is 0 Å². The second-order valence-electron chi connectivity index (χ2n) is 7.63. The number of hydrogen-bond acceptors (Lipinski definition) is 3. The van der Waals surface area contributed by atoms with Gasteiger partial charge in [0.25, 0.3) is 10.0 Å². The van der Waals surface area contributed by atoms with Crippen molar-refractivity contribution in [1.82, 2.24) is 0 Å². The summed E-state index contributed by atoms with van der Waals surface area (Å²) in [5.41, 5.74) is 3.74. The number of sulfonamides is 1. The van der Waals surface area contributed by atoms with Crippen LogP contribution in [0.2, 0.25) is 10.0 Å². The van der Waals surface area contributed by atoms with Crippen molar-refractivity contribution in [1.29, 1.82) is 0 Å². The van der Waals surface area contributed by atoms with Crippen LogP contribution in [0.4, 0.5) is 11.4 Å². The standard InChI is InChI=1S/C25H26Cl2N2O3S/c1-4-18-7-6-8-19(5-2)25(18)28-24(30)16-29(23-15-20(26)11-14-22(23)27)33(31,32)21-12-9-17(3)10-13-21/h6-15H,4-5,16H2,1-3H3,(H,28,30). The monoisotopic (exact) mass is 504 g/mol. The molecule has 0 fully saturated rings. The van der Waals surface area contributed by atoms with Crippen molar-refractivity contribution in [2.24, 2.45) is 0 Å². The van der Waals surface area contributed by atoms with E-state index in [1.807, 2.05) is 39.0 Å². The molecule has 0 atom stereocenters. The molecule has 3 rings (SSSR count). The highest BCUT2D eigenvalue weighted by atomic mass is 35.5. The quantitative estimate of drug-likeness (QED) is 0.393. The first-order valence-electron chi connectivity index (χ1n) is 10.6. The van der Waals surface area contributed by atoms with Crippen LogP contribution in [0.15, 0.2) is 65.6 Å². The minimum absolute atomic E-state index is 0.0557. The number of carbonyl (C=O) groups is 1. The second kappa shape index (κ2) is 10.6. The molecular formula is C25H26Cl2N2O3S. The third kappa shape index (κ3) is 5.69. The van der Waals surface area contributed by atoms with Crippen molar-refractivity contribution < 1.29 is 13.2 Å². The summed E-state index contributed by atoms with van der Waals surface area (Å²) < 4.78 is 28.2. The van der Waals surface area contributed by atoms with E-state index in [4.69, 9.17) is 23.2 Å². The third-order valence-corrected chi connectivity index (χ3v) is 7.67. The molecule has 174 valence electrons. The van der Waals surface area contributed by atoms with Gasteiger partial charge in [0.15, 0.2) is 0 Å². The van der Waals surface area contributed by atoms with Gasteiger partial charge in [0.1, 0.15) is 6.54 Å². The summed E-state index contributed by atoms with van der Waals surface area (Å²) in [5, 5.41) is 3.41. The fraction of sp³-hybridized carbons (Fsp3) is 0.240. The predicted octanol–water partition coefficient (Wildman–Crippen LogP) is 6.26. The van der Waals surface area contributed by atoms with E-state index in [1.54, 1.807) is 18.2 Å². The lowest BCUT2D eigenvalue weighted by molar-refractivity contribution is -0.114. The largest absolute Gasteiger partial charge is 0.324 e. The first kappa shape index (κ1) is 25.1. The minimum Gasteiger partial charge on any atom is -0.324 e. The summed E-state index contributed by atoms with van der Waals surface area (Å²) in [7, 11) is -4.10. The minimum atomic E-state index is -4.10. The van der Waals surface area contributed by atoms with E-state index in [0.717, 1.165) is 39.5 Å². The maximum atomic E-state index is 13.6. The summed E-state index contributed by atoms with van der Waals surface area (Å²) in [6.45, 7) is 5.41. The van der Waals surface area contributed by atoms with Gasteiger partial charge in [0.05, 0.1) is 15.6 Å². The Morgan fingerprint density at radius 3 is 2.12 bits per heavy atom. The molecule has 0 aliphatic heterocycles. The zero-order valence-corrected chi connectivity index (χ0v) is 21.1. The van der Waals surface area contributed by atoms with E-state index in [-0.39, 0.29) is 15.6 Å². The molecule has 0 aliphatic carbocycles. The number of amides is 1. The zero-order chi connectivity index (χ0) is 24.2. The van der Waals surface area contributed by atoms with Crippen molar-refractivity contribution in [3.05, 3.63) is 87.4 Å². The molecule has 0 heterocycles. The zero-order valence-electron chi connectivity index (χ0n) is 18.7. The van der Waals surface area contributed by atoms with E-state index in [9.17, 15) is 13.2 Å². The number of benzene rings is 3. The molecule has 0 saturated heterocycles. The number of aryl methyl sites for hydroxylation is 3. The Labute approximate surface area is 205 Å². The summed E-state index contributed by atoms with van der Waals surface area (Å²) in [6.07, 6.45) is 1.46. The average molecular weight is 505 g/mol. The van der Waals surface area contributed by atoms with Crippen molar-refractivity contribution >= 4 is 50.5 Å². The Hall–Kier alpha value is -2.54. The fourth-order valence-corrected chi connectivity index (χ4v) is 5.39. The van der Waals surface area contributed by atoms with Gasteiger partial charge >= 0.3 is 0 Å². The highest BCUT2D eigenvalue weighted by Crippen LogP contribution is 2.33. The molecule has 3 aromatic rings.